The fourth-order valence-corrected chi connectivity index (χ4v) is 2.78. The van der Waals surface area contributed by atoms with Gasteiger partial charge in [0.15, 0.2) is 0 Å². The molecule has 1 aliphatic heterocycles. The molecule has 17 heavy (non-hydrogen) atoms. The van der Waals surface area contributed by atoms with Crippen LogP contribution >= 0.6 is 0 Å². The third-order valence-electron chi connectivity index (χ3n) is 3.44. The van der Waals surface area contributed by atoms with E-state index in [1.807, 2.05) is 0 Å². The molecule has 0 bridgehead atoms. The van der Waals surface area contributed by atoms with Crippen LogP contribution in [0.25, 0.3) is 0 Å². The molecule has 0 aromatic heterocycles. The fraction of sp³-hybridized carbons (Fsp3) is 1.00. The van der Waals surface area contributed by atoms with Crippen molar-refractivity contribution >= 4 is 10.0 Å². The summed E-state index contributed by atoms with van der Waals surface area (Å²) < 4.78 is 24.2. The van der Waals surface area contributed by atoms with Crippen LogP contribution in [0.3, 0.4) is 0 Å². The molecular weight excluding hydrogens is 238 g/mol. The summed E-state index contributed by atoms with van der Waals surface area (Å²) in [4.78, 5) is 2.30. The Morgan fingerprint density at radius 1 is 1.18 bits per heavy atom. The summed E-state index contributed by atoms with van der Waals surface area (Å²) in [5.41, 5.74) is 6.00. The minimum atomic E-state index is -3.01. The smallest absolute Gasteiger partial charge is 0.211 e. The van der Waals surface area contributed by atoms with E-state index in [9.17, 15) is 8.42 Å². The highest BCUT2D eigenvalue weighted by atomic mass is 32.2. The van der Waals surface area contributed by atoms with Gasteiger partial charge >= 0.3 is 0 Å². The summed E-state index contributed by atoms with van der Waals surface area (Å²) in [6, 6.07) is 0.239. The van der Waals surface area contributed by atoms with Crippen LogP contribution in [-0.2, 0) is 10.0 Å². The molecule has 1 aliphatic rings. The van der Waals surface area contributed by atoms with Gasteiger partial charge in [0.2, 0.25) is 10.0 Å². The molecule has 6 heteroatoms. The molecule has 5 nitrogen and oxygen atoms in total. The molecule has 0 amide bonds. The highest BCUT2D eigenvalue weighted by molar-refractivity contribution is 7.88. The Balaban J connectivity index is 2.29. The quantitative estimate of drug-likeness (QED) is 0.754. The number of nitrogens with two attached hydrogens (primary N) is 1. The maximum Gasteiger partial charge on any atom is 0.211 e. The highest BCUT2D eigenvalue weighted by Gasteiger charge is 2.23. The summed E-state index contributed by atoms with van der Waals surface area (Å²) in [6.45, 7) is 8.08. The van der Waals surface area contributed by atoms with Crippen LogP contribution in [0.4, 0.5) is 0 Å². The zero-order valence-electron chi connectivity index (χ0n) is 11.1. The fourth-order valence-electron chi connectivity index (χ4n) is 1.95. The van der Waals surface area contributed by atoms with Crippen molar-refractivity contribution in [3.8, 4) is 0 Å². The van der Waals surface area contributed by atoms with Gasteiger partial charge in [-0.3, -0.25) is 0 Å². The van der Waals surface area contributed by atoms with Gasteiger partial charge in [-0.25, -0.2) is 8.42 Å². The maximum atomic E-state index is 11.3. The van der Waals surface area contributed by atoms with Crippen molar-refractivity contribution in [1.82, 2.24) is 9.21 Å². The molecule has 1 saturated heterocycles. The summed E-state index contributed by atoms with van der Waals surface area (Å²) in [5, 5.41) is 0. The average Bonchev–Trinajstić information content (AvgIpc) is 2.25. The van der Waals surface area contributed by atoms with E-state index in [-0.39, 0.29) is 6.04 Å². The molecule has 1 atom stereocenters. The van der Waals surface area contributed by atoms with Gasteiger partial charge in [-0.1, -0.05) is 13.8 Å². The van der Waals surface area contributed by atoms with Crippen LogP contribution in [0.5, 0.6) is 0 Å². The number of piperazine rings is 1. The van der Waals surface area contributed by atoms with E-state index in [0.29, 0.717) is 19.0 Å². The first kappa shape index (κ1) is 14.9. The lowest BCUT2D eigenvalue weighted by Crippen LogP contribution is -2.49. The van der Waals surface area contributed by atoms with Crippen LogP contribution in [0.2, 0.25) is 0 Å². The van der Waals surface area contributed by atoms with E-state index in [2.05, 4.69) is 18.7 Å². The Hall–Kier alpha value is -0.170. The van der Waals surface area contributed by atoms with Crippen LogP contribution in [-0.4, -0.2) is 62.6 Å². The molecular formula is C11H25N3O2S. The number of rotatable bonds is 5. The Bertz CT molecular complexity index is 322. The van der Waals surface area contributed by atoms with Crippen molar-refractivity contribution < 1.29 is 8.42 Å². The summed E-state index contributed by atoms with van der Waals surface area (Å²) >= 11 is 0. The lowest BCUT2D eigenvalue weighted by molar-refractivity contribution is 0.180. The van der Waals surface area contributed by atoms with Crippen molar-refractivity contribution in [1.29, 1.82) is 0 Å². The van der Waals surface area contributed by atoms with Gasteiger partial charge in [0.1, 0.15) is 0 Å². The first-order chi connectivity index (χ1) is 7.80. The van der Waals surface area contributed by atoms with Crippen molar-refractivity contribution in [3.63, 3.8) is 0 Å². The van der Waals surface area contributed by atoms with Crippen LogP contribution in [0.15, 0.2) is 0 Å². The van der Waals surface area contributed by atoms with E-state index in [4.69, 9.17) is 5.73 Å². The van der Waals surface area contributed by atoms with Crippen LogP contribution in [0.1, 0.15) is 20.3 Å². The van der Waals surface area contributed by atoms with Gasteiger partial charge in [-0.15, -0.1) is 0 Å². The van der Waals surface area contributed by atoms with Crippen LogP contribution < -0.4 is 5.73 Å². The van der Waals surface area contributed by atoms with E-state index < -0.39 is 10.0 Å². The lowest BCUT2D eigenvalue weighted by atomic mass is 10.0. The SMILES string of the molecule is CC(C)C(N)CCN1CCN(S(C)(=O)=O)CC1. The topological polar surface area (TPSA) is 66.6 Å². The zero-order chi connectivity index (χ0) is 13.1. The van der Waals surface area contributed by atoms with Gasteiger partial charge in [-0.2, -0.15) is 4.31 Å². The second kappa shape index (κ2) is 6.13. The molecule has 0 aromatic carbocycles. The normalized spacial score (nSPS) is 21.9. The predicted molar refractivity (Wildman–Crippen MR) is 70.3 cm³/mol. The minimum absolute atomic E-state index is 0.239. The third-order valence-corrected chi connectivity index (χ3v) is 4.74. The molecule has 1 fully saturated rings. The first-order valence-electron chi connectivity index (χ1n) is 6.23. The standard InChI is InChI=1S/C11H25N3O2S/c1-10(2)11(12)4-5-13-6-8-14(9-7-13)17(3,15)16/h10-11H,4-9,12H2,1-3H3. The maximum absolute atomic E-state index is 11.3. The van der Waals surface area contributed by atoms with Gasteiger partial charge in [0.25, 0.3) is 0 Å². The van der Waals surface area contributed by atoms with Crippen molar-refractivity contribution in [2.45, 2.75) is 26.3 Å². The van der Waals surface area contributed by atoms with E-state index in [1.165, 1.54) is 6.26 Å². The summed E-state index contributed by atoms with van der Waals surface area (Å²) in [6.07, 6.45) is 2.26. The second-order valence-electron chi connectivity index (χ2n) is 5.20. The summed E-state index contributed by atoms with van der Waals surface area (Å²) in [7, 11) is -3.01. The largest absolute Gasteiger partial charge is 0.327 e. The molecule has 1 unspecified atom stereocenters. The monoisotopic (exact) mass is 263 g/mol. The molecule has 0 radical (unpaired) electrons. The third kappa shape index (κ3) is 4.91. The molecule has 0 spiro atoms. The molecule has 1 heterocycles. The lowest BCUT2D eigenvalue weighted by Gasteiger charge is -2.33. The Labute approximate surface area is 105 Å². The first-order valence-corrected chi connectivity index (χ1v) is 8.08. The van der Waals surface area contributed by atoms with Gasteiger partial charge in [0, 0.05) is 32.2 Å². The molecule has 2 N–H and O–H groups in total. The van der Waals surface area contributed by atoms with E-state index in [1.54, 1.807) is 4.31 Å². The van der Waals surface area contributed by atoms with Crippen molar-refractivity contribution in [2.24, 2.45) is 11.7 Å². The van der Waals surface area contributed by atoms with Gasteiger partial charge in [-0.05, 0) is 18.9 Å². The average molecular weight is 263 g/mol. The highest BCUT2D eigenvalue weighted by Crippen LogP contribution is 2.09. The number of hydrogen-bond acceptors (Lipinski definition) is 4. The second-order valence-corrected chi connectivity index (χ2v) is 7.18. The van der Waals surface area contributed by atoms with E-state index >= 15 is 0 Å². The predicted octanol–water partition coefficient (Wildman–Crippen LogP) is -0.0630. The number of nitrogens with zero attached hydrogens (tertiary/aromatic N) is 2. The number of hydrogen-bond donors (Lipinski definition) is 1. The van der Waals surface area contributed by atoms with E-state index in [0.717, 1.165) is 26.1 Å². The Morgan fingerprint density at radius 3 is 2.12 bits per heavy atom. The minimum Gasteiger partial charge on any atom is -0.327 e. The van der Waals surface area contributed by atoms with Crippen molar-refractivity contribution in [2.75, 3.05) is 39.0 Å². The molecule has 0 aliphatic carbocycles. The molecule has 0 saturated carbocycles. The Morgan fingerprint density at radius 2 is 1.71 bits per heavy atom. The Kier molecular flexibility index (Phi) is 5.37. The zero-order valence-corrected chi connectivity index (χ0v) is 11.9. The summed E-state index contributed by atoms with van der Waals surface area (Å²) in [5.74, 6) is 0.507. The molecule has 1 rings (SSSR count). The van der Waals surface area contributed by atoms with Crippen molar-refractivity contribution in [3.05, 3.63) is 0 Å². The number of sulfonamides is 1. The molecule has 102 valence electrons. The van der Waals surface area contributed by atoms with Crippen LogP contribution in [0, 0.1) is 5.92 Å². The van der Waals surface area contributed by atoms with Gasteiger partial charge < -0.3 is 10.6 Å². The molecule has 0 aromatic rings. The van der Waals surface area contributed by atoms with Gasteiger partial charge in [0.05, 0.1) is 6.26 Å².